The van der Waals surface area contributed by atoms with Gasteiger partial charge in [0.2, 0.25) is 0 Å². The van der Waals surface area contributed by atoms with Crippen LogP contribution >= 0.6 is 0 Å². The van der Waals surface area contributed by atoms with Crippen LogP contribution in [0.4, 0.5) is 0 Å². The van der Waals surface area contributed by atoms with E-state index < -0.39 is 0 Å². The van der Waals surface area contributed by atoms with Gasteiger partial charge in [-0.25, -0.2) is 0 Å². The summed E-state index contributed by atoms with van der Waals surface area (Å²) in [5.74, 6) is -0.216. The van der Waals surface area contributed by atoms with E-state index in [0.717, 1.165) is 6.54 Å². The molecule has 0 atom stereocenters. The number of nitrogens with one attached hydrogen (secondary N) is 1. The van der Waals surface area contributed by atoms with E-state index in [1.165, 1.54) is 0 Å². The van der Waals surface area contributed by atoms with E-state index >= 15 is 0 Å². The Hall–Kier alpha value is -0.650. The average Bonchev–Trinajstić information content (AvgIpc) is 2.25. The molecular weight excluding hydrogens is 234 g/mol. The van der Waals surface area contributed by atoms with Crippen molar-refractivity contribution < 1.29 is 19.0 Å². The molecule has 0 aromatic rings. The summed E-state index contributed by atoms with van der Waals surface area (Å²) in [4.78, 5) is 11.1. The van der Waals surface area contributed by atoms with Crippen LogP contribution in [0.15, 0.2) is 0 Å². The van der Waals surface area contributed by atoms with Crippen molar-refractivity contribution in [2.45, 2.75) is 46.3 Å². The summed E-state index contributed by atoms with van der Waals surface area (Å²) >= 11 is 0. The molecule has 0 aliphatic rings. The Kier molecular flexibility index (Phi) is 11.0. The quantitative estimate of drug-likeness (QED) is 0.449. The zero-order chi connectivity index (χ0) is 13.8. The van der Waals surface area contributed by atoms with Crippen LogP contribution < -0.4 is 5.32 Å². The van der Waals surface area contributed by atoms with Crippen molar-refractivity contribution in [3.05, 3.63) is 0 Å². The number of hydrogen-bond acceptors (Lipinski definition) is 5. The third-order valence-corrected chi connectivity index (χ3v) is 1.99. The molecule has 1 N–H and O–H groups in total. The first kappa shape index (κ1) is 17.4. The SMILES string of the molecule is CC(C)NCCOCCOCCC(=O)OC(C)C. The van der Waals surface area contributed by atoms with Crippen LogP contribution in [0.3, 0.4) is 0 Å². The van der Waals surface area contributed by atoms with Gasteiger partial charge in [0.15, 0.2) is 0 Å². The minimum Gasteiger partial charge on any atom is -0.463 e. The molecule has 0 amide bonds. The summed E-state index contributed by atoms with van der Waals surface area (Å²) in [5.41, 5.74) is 0. The van der Waals surface area contributed by atoms with Gasteiger partial charge in [-0.2, -0.15) is 0 Å². The summed E-state index contributed by atoms with van der Waals surface area (Å²) in [5, 5.41) is 3.25. The van der Waals surface area contributed by atoms with Gasteiger partial charge in [0, 0.05) is 12.6 Å². The topological polar surface area (TPSA) is 56.8 Å². The van der Waals surface area contributed by atoms with Gasteiger partial charge in [-0.1, -0.05) is 13.8 Å². The summed E-state index contributed by atoms with van der Waals surface area (Å²) < 4.78 is 15.6. The smallest absolute Gasteiger partial charge is 0.308 e. The van der Waals surface area contributed by atoms with Gasteiger partial charge in [0.1, 0.15) is 0 Å². The number of carbonyl (C=O) groups is 1. The van der Waals surface area contributed by atoms with E-state index in [2.05, 4.69) is 19.2 Å². The molecule has 0 radical (unpaired) electrons. The van der Waals surface area contributed by atoms with E-state index in [1.54, 1.807) is 0 Å². The van der Waals surface area contributed by atoms with Crippen molar-refractivity contribution in [2.75, 3.05) is 33.0 Å². The molecule has 18 heavy (non-hydrogen) atoms. The predicted octanol–water partition coefficient (Wildman–Crippen LogP) is 1.36. The highest BCUT2D eigenvalue weighted by Crippen LogP contribution is 1.93. The first-order valence-corrected chi connectivity index (χ1v) is 6.60. The third-order valence-electron chi connectivity index (χ3n) is 1.99. The maximum atomic E-state index is 11.1. The Balaban J connectivity index is 3.14. The largest absolute Gasteiger partial charge is 0.463 e. The molecule has 0 rings (SSSR count). The zero-order valence-corrected chi connectivity index (χ0v) is 12.0. The number of ether oxygens (including phenoxy) is 3. The van der Waals surface area contributed by atoms with E-state index in [4.69, 9.17) is 14.2 Å². The Bertz CT molecular complexity index is 207. The summed E-state index contributed by atoms with van der Waals surface area (Å²) in [6, 6.07) is 0.483. The van der Waals surface area contributed by atoms with Crippen molar-refractivity contribution in [1.82, 2.24) is 5.32 Å². The molecule has 0 spiro atoms. The minimum atomic E-state index is -0.216. The van der Waals surface area contributed by atoms with Crippen LogP contribution in [0, 0.1) is 0 Å². The average molecular weight is 261 g/mol. The molecule has 0 aromatic carbocycles. The van der Waals surface area contributed by atoms with Gasteiger partial charge < -0.3 is 19.5 Å². The predicted molar refractivity (Wildman–Crippen MR) is 70.6 cm³/mol. The fraction of sp³-hybridized carbons (Fsp3) is 0.923. The van der Waals surface area contributed by atoms with Crippen LogP contribution in [0.1, 0.15) is 34.1 Å². The van der Waals surface area contributed by atoms with Crippen LogP contribution in [-0.4, -0.2) is 51.1 Å². The van der Waals surface area contributed by atoms with Crippen LogP contribution in [0.25, 0.3) is 0 Å². The Morgan fingerprint density at radius 3 is 2.17 bits per heavy atom. The lowest BCUT2D eigenvalue weighted by atomic mass is 10.4. The molecule has 0 heterocycles. The van der Waals surface area contributed by atoms with Crippen LogP contribution in [0.2, 0.25) is 0 Å². The van der Waals surface area contributed by atoms with Crippen LogP contribution in [0.5, 0.6) is 0 Å². The van der Waals surface area contributed by atoms with Crippen molar-refractivity contribution in [2.24, 2.45) is 0 Å². The van der Waals surface area contributed by atoms with Gasteiger partial charge in [-0.15, -0.1) is 0 Å². The fourth-order valence-electron chi connectivity index (χ4n) is 1.22. The Morgan fingerprint density at radius 1 is 1.00 bits per heavy atom. The van der Waals surface area contributed by atoms with E-state index in [9.17, 15) is 4.79 Å². The highest BCUT2D eigenvalue weighted by atomic mass is 16.5. The summed E-state index contributed by atoms with van der Waals surface area (Å²) in [6.07, 6.45) is 0.238. The van der Waals surface area contributed by atoms with E-state index in [0.29, 0.717) is 38.9 Å². The lowest BCUT2D eigenvalue weighted by Gasteiger charge is -2.09. The summed E-state index contributed by atoms with van der Waals surface area (Å²) in [6.45, 7) is 10.8. The van der Waals surface area contributed by atoms with Gasteiger partial charge >= 0.3 is 5.97 Å². The molecule has 0 unspecified atom stereocenters. The first-order valence-electron chi connectivity index (χ1n) is 6.60. The van der Waals surface area contributed by atoms with E-state index in [-0.39, 0.29) is 12.1 Å². The normalized spacial score (nSPS) is 11.2. The standard InChI is InChI=1S/C13H27NO4/c1-11(2)14-6-8-17-10-9-16-7-5-13(15)18-12(3)4/h11-12,14H,5-10H2,1-4H3. The fourth-order valence-corrected chi connectivity index (χ4v) is 1.22. The second-order valence-corrected chi connectivity index (χ2v) is 4.62. The molecule has 108 valence electrons. The number of hydrogen-bond donors (Lipinski definition) is 1. The number of rotatable bonds is 11. The molecule has 0 aliphatic carbocycles. The zero-order valence-electron chi connectivity index (χ0n) is 12.0. The first-order chi connectivity index (χ1) is 8.52. The lowest BCUT2D eigenvalue weighted by Crippen LogP contribution is -2.27. The Morgan fingerprint density at radius 2 is 1.61 bits per heavy atom. The molecule has 0 bridgehead atoms. The van der Waals surface area contributed by atoms with Crippen molar-refractivity contribution in [3.63, 3.8) is 0 Å². The third kappa shape index (κ3) is 13.4. The maximum absolute atomic E-state index is 11.1. The minimum absolute atomic E-state index is 0.0608. The van der Waals surface area contributed by atoms with Crippen LogP contribution in [-0.2, 0) is 19.0 Å². The molecule has 0 aromatic heterocycles. The molecular formula is C13H27NO4. The van der Waals surface area contributed by atoms with E-state index in [1.807, 2.05) is 13.8 Å². The highest BCUT2D eigenvalue weighted by Gasteiger charge is 2.04. The second-order valence-electron chi connectivity index (χ2n) is 4.62. The lowest BCUT2D eigenvalue weighted by molar-refractivity contribution is -0.148. The monoisotopic (exact) mass is 261 g/mol. The number of carbonyl (C=O) groups excluding carboxylic acids is 1. The van der Waals surface area contributed by atoms with Gasteiger partial charge in [-0.3, -0.25) is 4.79 Å². The van der Waals surface area contributed by atoms with Crippen molar-refractivity contribution in [1.29, 1.82) is 0 Å². The van der Waals surface area contributed by atoms with Gasteiger partial charge in [0.05, 0.1) is 39.0 Å². The van der Waals surface area contributed by atoms with Gasteiger partial charge in [0.25, 0.3) is 0 Å². The number of esters is 1. The molecule has 0 fully saturated rings. The molecule has 0 saturated carbocycles. The van der Waals surface area contributed by atoms with Crippen molar-refractivity contribution in [3.8, 4) is 0 Å². The molecule has 0 saturated heterocycles. The molecule has 0 aliphatic heterocycles. The second kappa shape index (κ2) is 11.4. The van der Waals surface area contributed by atoms with Crippen molar-refractivity contribution >= 4 is 5.97 Å². The molecule has 5 heteroatoms. The van der Waals surface area contributed by atoms with Gasteiger partial charge in [-0.05, 0) is 13.8 Å². The summed E-state index contributed by atoms with van der Waals surface area (Å²) in [7, 11) is 0. The Labute approximate surface area is 110 Å². The molecule has 5 nitrogen and oxygen atoms in total. The maximum Gasteiger partial charge on any atom is 0.308 e. The highest BCUT2D eigenvalue weighted by molar-refractivity contribution is 5.69.